The highest BCUT2D eigenvalue weighted by Crippen LogP contribution is 2.44. The molecule has 1 aliphatic rings. The van der Waals surface area contributed by atoms with Crippen molar-refractivity contribution in [3.8, 4) is 11.6 Å². The molecular formula is C27H21NO. The van der Waals surface area contributed by atoms with Gasteiger partial charge in [0.15, 0.2) is 0 Å². The molecule has 0 saturated carbocycles. The van der Waals surface area contributed by atoms with E-state index >= 15 is 0 Å². The van der Waals surface area contributed by atoms with Crippen molar-refractivity contribution in [1.82, 2.24) is 4.98 Å². The monoisotopic (exact) mass is 375 g/mol. The molecule has 0 bridgehead atoms. The van der Waals surface area contributed by atoms with Crippen molar-refractivity contribution in [2.45, 2.75) is 11.8 Å². The minimum Gasteiger partial charge on any atom is -0.439 e. The molecule has 3 aromatic carbocycles. The summed E-state index contributed by atoms with van der Waals surface area (Å²) in [6.07, 6.45) is 7.15. The van der Waals surface area contributed by atoms with Gasteiger partial charge >= 0.3 is 0 Å². The average molecular weight is 375 g/mol. The lowest BCUT2D eigenvalue weighted by Gasteiger charge is -2.36. The van der Waals surface area contributed by atoms with E-state index < -0.39 is 0 Å². The quantitative estimate of drug-likeness (QED) is 0.410. The van der Waals surface area contributed by atoms with Gasteiger partial charge in [-0.2, -0.15) is 0 Å². The van der Waals surface area contributed by atoms with Gasteiger partial charge in [-0.1, -0.05) is 91.0 Å². The Bertz CT molecular complexity index is 1100. The number of ether oxygens (including phenoxy) is 1. The van der Waals surface area contributed by atoms with Gasteiger partial charge in [-0.3, -0.25) is 0 Å². The molecule has 140 valence electrons. The lowest BCUT2D eigenvalue weighted by atomic mass is 9.67. The maximum absolute atomic E-state index is 6.20. The third kappa shape index (κ3) is 3.23. The highest BCUT2D eigenvalue weighted by molar-refractivity contribution is 5.67. The Hall–Kier alpha value is -3.65. The molecule has 0 spiro atoms. The second kappa shape index (κ2) is 7.40. The van der Waals surface area contributed by atoms with Crippen LogP contribution in [0.25, 0.3) is 6.08 Å². The fraction of sp³-hybridized carbons (Fsp3) is 0.0741. The maximum Gasteiger partial charge on any atom is 0.219 e. The summed E-state index contributed by atoms with van der Waals surface area (Å²) in [5.74, 6) is 1.47. The van der Waals surface area contributed by atoms with Crippen molar-refractivity contribution in [2.75, 3.05) is 0 Å². The topological polar surface area (TPSA) is 22.1 Å². The smallest absolute Gasteiger partial charge is 0.219 e. The van der Waals surface area contributed by atoms with Gasteiger partial charge in [0.05, 0.1) is 0 Å². The summed E-state index contributed by atoms with van der Waals surface area (Å²) < 4.78 is 6.20. The molecule has 1 aromatic heterocycles. The third-order valence-corrected chi connectivity index (χ3v) is 5.60. The molecule has 0 N–H and O–H groups in total. The third-order valence-electron chi connectivity index (χ3n) is 5.60. The molecule has 5 rings (SSSR count). The molecule has 1 aliphatic carbocycles. The maximum atomic E-state index is 6.20. The minimum atomic E-state index is -0.237. The van der Waals surface area contributed by atoms with Gasteiger partial charge in [0, 0.05) is 23.2 Å². The second-order valence-corrected chi connectivity index (χ2v) is 7.31. The number of nitrogens with zero attached hydrogens (tertiary/aromatic N) is 1. The normalized spacial score (nSPS) is 14.2. The lowest BCUT2D eigenvalue weighted by Crippen LogP contribution is -2.30. The van der Waals surface area contributed by atoms with E-state index in [1.54, 1.807) is 6.20 Å². The molecule has 0 saturated heterocycles. The fourth-order valence-electron chi connectivity index (χ4n) is 4.15. The van der Waals surface area contributed by atoms with Crippen LogP contribution in [0.1, 0.15) is 22.3 Å². The van der Waals surface area contributed by atoms with Gasteiger partial charge in [0.25, 0.3) is 0 Å². The molecule has 0 atom stereocenters. The lowest BCUT2D eigenvalue weighted by molar-refractivity contribution is 0.451. The van der Waals surface area contributed by atoms with Crippen LogP contribution in [0.15, 0.2) is 109 Å². The molecule has 2 nitrogen and oxygen atoms in total. The van der Waals surface area contributed by atoms with Crippen LogP contribution in [0, 0.1) is 0 Å². The zero-order chi connectivity index (χ0) is 19.5. The molecule has 0 amide bonds. The number of fused-ring (bicyclic) bond motifs is 1. The second-order valence-electron chi connectivity index (χ2n) is 7.31. The van der Waals surface area contributed by atoms with Gasteiger partial charge in [-0.15, -0.1) is 0 Å². The molecular weight excluding hydrogens is 354 g/mol. The van der Waals surface area contributed by atoms with E-state index in [0.717, 1.165) is 12.2 Å². The van der Waals surface area contributed by atoms with Crippen LogP contribution in [0.4, 0.5) is 0 Å². The van der Waals surface area contributed by atoms with Crippen molar-refractivity contribution in [3.05, 3.63) is 132 Å². The first-order valence-electron chi connectivity index (χ1n) is 9.86. The highest BCUT2D eigenvalue weighted by Gasteiger charge is 2.35. The number of hydrogen-bond donors (Lipinski definition) is 0. The number of hydrogen-bond acceptors (Lipinski definition) is 2. The number of aromatic nitrogens is 1. The molecule has 0 aliphatic heterocycles. The van der Waals surface area contributed by atoms with Gasteiger partial charge in [0.2, 0.25) is 5.88 Å². The first-order valence-corrected chi connectivity index (χ1v) is 9.86. The van der Waals surface area contributed by atoms with Gasteiger partial charge in [-0.25, -0.2) is 4.98 Å². The van der Waals surface area contributed by atoms with E-state index in [0.29, 0.717) is 5.88 Å². The average Bonchev–Trinajstić information content (AvgIpc) is 2.81. The summed E-state index contributed by atoms with van der Waals surface area (Å²) >= 11 is 0. The van der Waals surface area contributed by atoms with E-state index in [4.69, 9.17) is 4.74 Å². The molecule has 29 heavy (non-hydrogen) atoms. The SMILES string of the molecule is C1=CC(c2ccccc2)(c2ccccc2)Cc2c1cccc2Oc1ccccn1. The Labute approximate surface area is 171 Å². The Morgan fingerprint density at radius 1 is 0.690 bits per heavy atom. The standard InChI is InChI=1S/C27H21NO/c1-3-11-22(12-4-1)27(23-13-5-2-6-14-23)18-17-21-10-9-15-25(24(21)20-27)29-26-16-7-8-19-28-26/h1-19H,20H2. The van der Waals surface area contributed by atoms with Crippen molar-refractivity contribution >= 4 is 6.08 Å². The van der Waals surface area contributed by atoms with Crippen LogP contribution in [0.3, 0.4) is 0 Å². The van der Waals surface area contributed by atoms with Crippen LogP contribution < -0.4 is 4.74 Å². The first kappa shape index (κ1) is 17.4. The molecule has 0 unspecified atom stereocenters. The summed E-state index contributed by atoms with van der Waals surface area (Å²) in [5, 5.41) is 0. The fourth-order valence-corrected chi connectivity index (χ4v) is 4.15. The first-order chi connectivity index (χ1) is 14.4. The summed E-state index contributed by atoms with van der Waals surface area (Å²) in [4.78, 5) is 4.34. The van der Waals surface area contributed by atoms with Gasteiger partial charge in [0.1, 0.15) is 5.75 Å². The molecule has 0 fully saturated rings. The molecule has 4 aromatic rings. The highest BCUT2D eigenvalue weighted by atomic mass is 16.5. The molecule has 2 heteroatoms. The summed E-state index contributed by atoms with van der Waals surface area (Å²) in [7, 11) is 0. The summed E-state index contributed by atoms with van der Waals surface area (Å²) in [6, 6.07) is 33.4. The van der Waals surface area contributed by atoms with E-state index in [2.05, 4.69) is 83.9 Å². The van der Waals surface area contributed by atoms with Crippen molar-refractivity contribution in [2.24, 2.45) is 0 Å². The zero-order valence-corrected chi connectivity index (χ0v) is 16.0. The van der Waals surface area contributed by atoms with Crippen molar-refractivity contribution in [1.29, 1.82) is 0 Å². The summed E-state index contributed by atoms with van der Waals surface area (Å²) in [5.41, 5.74) is 4.72. The van der Waals surface area contributed by atoms with Crippen LogP contribution in [-0.2, 0) is 11.8 Å². The van der Waals surface area contributed by atoms with Crippen LogP contribution in [-0.4, -0.2) is 4.98 Å². The van der Waals surface area contributed by atoms with E-state index in [9.17, 15) is 0 Å². The van der Waals surface area contributed by atoms with Gasteiger partial charge < -0.3 is 4.74 Å². The predicted octanol–water partition coefficient (Wildman–Crippen LogP) is 6.43. The van der Waals surface area contributed by atoms with E-state index in [1.807, 2.05) is 30.3 Å². The minimum absolute atomic E-state index is 0.237. The number of rotatable bonds is 4. The van der Waals surface area contributed by atoms with Gasteiger partial charge in [-0.05, 0) is 35.2 Å². The van der Waals surface area contributed by atoms with Crippen LogP contribution >= 0.6 is 0 Å². The largest absolute Gasteiger partial charge is 0.439 e. The predicted molar refractivity (Wildman–Crippen MR) is 117 cm³/mol. The molecule has 1 heterocycles. The van der Waals surface area contributed by atoms with Crippen LogP contribution in [0.5, 0.6) is 11.6 Å². The number of pyridine rings is 1. The Morgan fingerprint density at radius 2 is 1.38 bits per heavy atom. The van der Waals surface area contributed by atoms with Crippen molar-refractivity contribution < 1.29 is 4.74 Å². The summed E-state index contributed by atoms with van der Waals surface area (Å²) in [6.45, 7) is 0. The van der Waals surface area contributed by atoms with Crippen molar-refractivity contribution in [3.63, 3.8) is 0 Å². The van der Waals surface area contributed by atoms with E-state index in [-0.39, 0.29) is 5.41 Å². The Kier molecular flexibility index (Phi) is 4.45. The Morgan fingerprint density at radius 3 is 2.03 bits per heavy atom. The zero-order valence-electron chi connectivity index (χ0n) is 16.0. The number of benzene rings is 3. The number of allylic oxidation sites excluding steroid dienone is 1. The van der Waals surface area contributed by atoms with E-state index in [1.165, 1.54) is 22.3 Å². The molecule has 0 radical (unpaired) electrons. The van der Waals surface area contributed by atoms with Crippen LogP contribution in [0.2, 0.25) is 0 Å². The Balaban J connectivity index is 1.64.